The molecule has 1 saturated heterocycles. The third-order valence-corrected chi connectivity index (χ3v) is 11.1. The molecule has 312 valence electrons. The molecule has 1 aliphatic rings. The highest BCUT2D eigenvalue weighted by molar-refractivity contribution is 7.42. The summed E-state index contributed by atoms with van der Waals surface area (Å²) in [5, 5.41) is 16.8. The molecular formula is C43H62ClN6O6P. The van der Waals surface area contributed by atoms with Crippen molar-refractivity contribution in [2.75, 3.05) is 19.8 Å². The number of aliphatic imine (C=N–C) groups is 1. The minimum atomic E-state index is -2.00. The van der Waals surface area contributed by atoms with Crippen molar-refractivity contribution in [2.45, 2.75) is 141 Å². The van der Waals surface area contributed by atoms with Gasteiger partial charge in [-0.25, -0.2) is 9.98 Å². The van der Waals surface area contributed by atoms with Crippen LogP contribution in [0.1, 0.15) is 146 Å². The summed E-state index contributed by atoms with van der Waals surface area (Å²) in [4.78, 5) is 11.2. The number of para-hydroxylation sites is 1. The van der Waals surface area contributed by atoms with Crippen LogP contribution in [0.2, 0.25) is 5.02 Å². The molecule has 1 aromatic carbocycles. The molecule has 0 aliphatic carbocycles. The summed E-state index contributed by atoms with van der Waals surface area (Å²) in [6, 6.07) is 16.2. The Morgan fingerprint density at radius 2 is 1.65 bits per heavy atom. The van der Waals surface area contributed by atoms with Crippen LogP contribution in [0, 0.1) is 16.7 Å². The summed E-state index contributed by atoms with van der Waals surface area (Å²) < 4.78 is 37.3. The number of unbranched alkanes of at least 4 members (excludes halogenated alkanes) is 15. The van der Waals surface area contributed by atoms with Crippen molar-refractivity contribution >= 4 is 32.4 Å². The van der Waals surface area contributed by atoms with Crippen LogP contribution < -0.4 is 15.0 Å². The number of rotatable bonds is 31. The van der Waals surface area contributed by atoms with Gasteiger partial charge >= 0.3 is 8.60 Å². The zero-order valence-corrected chi connectivity index (χ0v) is 35.2. The smallest absolute Gasteiger partial charge is 0.399 e. The van der Waals surface area contributed by atoms with Crippen molar-refractivity contribution in [1.82, 2.24) is 9.97 Å². The fraction of sp³-hybridized carbons (Fsp3) is 0.581. The lowest BCUT2D eigenvalue weighted by Crippen LogP contribution is -2.29. The quantitative estimate of drug-likeness (QED) is 0.0247. The lowest BCUT2D eigenvalue weighted by molar-refractivity contribution is -0.0830. The molecule has 0 spiro atoms. The van der Waals surface area contributed by atoms with Crippen LogP contribution in [0.25, 0.3) is 0 Å². The highest BCUT2D eigenvalue weighted by Crippen LogP contribution is 2.47. The van der Waals surface area contributed by atoms with Crippen LogP contribution in [0.15, 0.2) is 59.7 Å². The first-order valence-electron chi connectivity index (χ1n) is 20.8. The Bertz CT molecular complexity index is 1620. The number of aromatic nitrogens is 2. The van der Waals surface area contributed by atoms with Crippen LogP contribution in [0.4, 0.5) is 0 Å². The Labute approximate surface area is 345 Å². The standard InChI is InChI=1S/C43H62ClN6O6P/c1-2-3-4-5-6-7-8-9-10-11-12-13-14-15-16-19-28-51-31-36(53-35-23-22-34(29-45)48-30-35)32-52-57(55-40-21-18-17-20-37(40)44)56-42-27-26-41(54-42)38-24-25-39(50-38)43(47)49-33-46/h17-18,20-25,30,33,36,41-42,50H,2-16,19,26-28,31-32H2,1H3,(H3,46,47,49). The van der Waals surface area contributed by atoms with Crippen LogP contribution in [-0.2, 0) is 18.5 Å². The van der Waals surface area contributed by atoms with Gasteiger partial charge in [0.2, 0.25) is 0 Å². The van der Waals surface area contributed by atoms with Gasteiger partial charge < -0.3 is 29.5 Å². The number of nitrogens with one attached hydrogen (secondary N) is 2. The van der Waals surface area contributed by atoms with E-state index < -0.39 is 21.0 Å². The molecule has 4 atom stereocenters. The van der Waals surface area contributed by atoms with Gasteiger partial charge in [0.25, 0.3) is 0 Å². The molecule has 57 heavy (non-hydrogen) atoms. The first kappa shape index (κ1) is 46.1. The molecule has 3 heterocycles. The van der Waals surface area contributed by atoms with E-state index in [1.807, 2.05) is 24.3 Å². The number of hydrogen-bond donors (Lipinski definition) is 3. The number of amidine groups is 1. The first-order valence-corrected chi connectivity index (χ1v) is 22.3. The van der Waals surface area contributed by atoms with Gasteiger partial charge in [-0.15, -0.1) is 0 Å². The van der Waals surface area contributed by atoms with Crippen molar-refractivity contribution in [3.05, 3.63) is 76.8 Å². The Balaban J connectivity index is 1.22. The summed E-state index contributed by atoms with van der Waals surface area (Å²) in [6.07, 6.45) is 23.4. The average molecular weight is 825 g/mol. The van der Waals surface area contributed by atoms with Crippen molar-refractivity contribution in [3.63, 3.8) is 0 Å². The van der Waals surface area contributed by atoms with Gasteiger partial charge in [-0.2, -0.15) is 5.26 Å². The molecule has 0 amide bonds. The molecule has 0 radical (unpaired) electrons. The number of pyridine rings is 1. The van der Waals surface area contributed by atoms with E-state index in [1.165, 1.54) is 96.1 Å². The fourth-order valence-corrected chi connectivity index (χ4v) is 7.85. The lowest BCUT2D eigenvalue weighted by Gasteiger charge is -2.24. The van der Waals surface area contributed by atoms with Crippen LogP contribution >= 0.6 is 20.2 Å². The molecule has 12 nitrogen and oxygen atoms in total. The summed E-state index contributed by atoms with van der Waals surface area (Å²) in [7, 11) is -2.00. The van der Waals surface area contributed by atoms with E-state index in [0.717, 1.165) is 24.9 Å². The summed E-state index contributed by atoms with van der Waals surface area (Å²) >= 11 is 6.45. The zero-order valence-electron chi connectivity index (χ0n) is 33.5. The number of benzene rings is 1. The predicted octanol–water partition coefficient (Wildman–Crippen LogP) is 11.5. The number of nitriles is 1. The fourth-order valence-electron chi connectivity index (χ4n) is 6.51. The van der Waals surface area contributed by atoms with Gasteiger partial charge in [-0.1, -0.05) is 127 Å². The van der Waals surface area contributed by atoms with Crippen LogP contribution in [-0.4, -0.2) is 54.4 Å². The van der Waals surface area contributed by atoms with Crippen LogP contribution in [0.5, 0.6) is 11.5 Å². The lowest BCUT2D eigenvalue weighted by atomic mass is 10.0. The maximum atomic E-state index is 9.20. The second kappa shape index (κ2) is 28.0. The summed E-state index contributed by atoms with van der Waals surface area (Å²) in [5.74, 6) is 1.13. The molecule has 14 heteroatoms. The van der Waals surface area contributed by atoms with Crippen molar-refractivity contribution in [1.29, 1.82) is 10.7 Å². The normalized spacial score (nSPS) is 16.6. The largest absolute Gasteiger partial charge is 0.484 e. The number of halogens is 1. The molecule has 4 N–H and O–H groups in total. The molecule has 0 saturated carbocycles. The van der Waals surface area contributed by atoms with E-state index in [9.17, 15) is 5.26 Å². The zero-order chi connectivity index (χ0) is 40.3. The number of ether oxygens (including phenoxy) is 3. The van der Waals surface area contributed by atoms with Gasteiger partial charge in [0.15, 0.2) is 6.29 Å². The summed E-state index contributed by atoms with van der Waals surface area (Å²) in [5.41, 5.74) is 7.67. The number of aromatic amines is 1. The Morgan fingerprint density at radius 3 is 2.28 bits per heavy atom. The van der Waals surface area contributed by atoms with Gasteiger partial charge in [-0.3, -0.25) is 14.5 Å². The number of nitrogens with two attached hydrogens (primary N) is 1. The predicted molar refractivity (Wildman–Crippen MR) is 227 cm³/mol. The van der Waals surface area contributed by atoms with Gasteiger partial charge in [0.05, 0.1) is 30.1 Å². The maximum absolute atomic E-state index is 9.20. The first-order chi connectivity index (χ1) is 28.0. The van der Waals surface area contributed by atoms with E-state index in [2.05, 4.69) is 21.9 Å². The van der Waals surface area contributed by atoms with E-state index in [4.69, 9.17) is 50.5 Å². The second-order valence-corrected chi connectivity index (χ2v) is 15.9. The van der Waals surface area contributed by atoms with Gasteiger partial charge in [0.1, 0.15) is 47.6 Å². The topological polar surface area (TPSA) is 170 Å². The Hall–Kier alpha value is -3.56. The molecule has 1 aliphatic heterocycles. The molecule has 1 fully saturated rings. The van der Waals surface area contributed by atoms with Crippen LogP contribution in [0.3, 0.4) is 0 Å². The van der Waals surface area contributed by atoms with Crippen molar-refractivity contribution in [2.24, 2.45) is 10.7 Å². The minimum absolute atomic E-state index is 0.0802. The number of H-pyrrole nitrogens is 1. The molecular weight excluding hydrogens is 763 g/mol. The Morgan fingerprint density at radius 1 is 0.965 bits per heavy atom. The van der Waals surface area contributed by atoms with Crippen molar-refractivity contribution in [3.8, 4) is 17.6 Å². The van der Waals surface area contributed by atoms with E-state index in [-0.39, 0.29) is 25.2 Å². The third-order valence-electron chi connectivity index (χ3n) is 9.69. The highest BCUT2D eigenvalue weighted by Gasteiger charge is 2.33. The molecule has 0 bridgehead atoms. The molecule has 3 aromatic rings. The van der Waals surface area contributed by atoms with E-state index in [1.54, 1.807) is 30.3 Å². The maximum Gasteiger partial charge on any atom is 0.399 e. The number of hydrogen-bond acceptors (Lipinski definition) is 9. The molecule has 4 unspecified atom stereocenters. The van der Waals surface area contributed by atoms with Crippen molar-refractivity contribution < 1.29 is 27.8 Å². The Kier molecular flexibility index (Phi) is 22.6. The SMILES string of the molecule is CCCCCCCCCCCCCCCCCCOCC(COP(Oc1ccccc1Cl)OC1CCC(c2ccc(C(N)=NC=N)[nH]2)O1)Oc1ccc(C#N)nc1. The second-order valence-electron chi connectivity index (χ2n) is 14.4. The van der Waals surface area contributed by atoms with E-state index in [0.29, 0.717) is 47.4 Å². The molecule has 2 aromatic heterocycles. The summed E-state index contributed by atoms with van der Waals surface area (Å²) in [6.45, 7) is 3.24. The monoisotopic (exact) mass is 824 g/mol. The number of nitrogens with zero attached hydrogens (tertiary/aromatic N) is 3. The molecule has 4 rings (SSSR count). The third kappa shape index (κ3) is 18.3. The minimum Gasteiger partial charge on any atom is -0.484 e. The highest BCUT2D eigenvalue weighted by atomic mass is 35.5. The average Bonchev–Trinajstić information content (AvgIpc) is 3.91. The van der Waals surface area contributed by atoms with Gasteiger partial charge in [0, 0.05) is 18.7 Å². The van der Waals surface area contributed by atoms with Gasteiger partial charge in [-0.05, 0) is 49.2 Å². The van der Waals surface area contributed by atoms with E-state index >= 15 is 0 Å².